The molecule has 0 spiro atoms. The molecular formula is C20H18FN3O4S. The number of aromatic nitrogens is 2. The number of rotatable bonds is 7. The molecular weight excluding hydrogens is 397 g/mol. The van der Waals surface area contributed by atoms with Crippen LogP contribution in [-0.4, -0.2) is 28.2 Å². The summed E-state index contributed by atoms with van der Waals surface area (Å²) in [6, 6.07) is 12.7. The van der Waals surface area contributed by atoms with Crippen molar-refractivity contribution in [2.45, 2.75) is 26.6 Å². The van der Waals surface area contributed by atoms with Crippen LogP contribution in [0.4, 0.5) is 10.1 Å². The van der Waals surface area contributed by atoms with Gasteiger partial charge in [0.25, 0.3) is 5.91 Å². The molecule has 1 heterocycles. The minimum absolute atomic E-state index is 0.134. The first-order valence-corrected chi connectivity index (χ1v) is 9.51. The molecule has 0 aliphatic heterocycles. The van der Waals surface area contributed by atoms with E-state index < -0.39 is 23.8 Å². The predicted molar refractivity (Wildman–Crippen MR) is 105 cm³/mol. The zero-order valence-corrected chi connectivity index (χ0v) is 16.5. The molecule has 7 nitrogen and oxygen atoms in total. The molecule has 1 amide bonds. The van der Waals surface area contributed by atoms with E-state index in [0.29, 0.717) is 16.4 Å². The van der Waals surface area contributed by atoms with Crippen molar-refractivity contribution in [2.75, 3.05) is 5.32 Å². The number of carbonyl (C=O) groups excluding carboxylic acids is 2. The Morgan fingerprint density at radius 2 is 1.79 bits per heavy atom. The first-order valence-electron chi connectivity index (χ1n) is 8.70. The highest BCUT2D eigenvalue weighted by Crippen LogP contribution is 2.16. The van der Waals surface area contributed by atoms with E-state index in [-0.39, 0.29) is 11.6 Å². The first kappa shape index (κ1) is 20.4. The third-order valence-corrected chi connectivity index (χ3v) is 4.66. The van der Waals surface area contributed by atoms with Crippen LogP contribution in [0.1, 0.15) is 27.3 Å². The van der Waals surface area contributed by atoms with Crippen LogP contribution < -0.4 is 10.1 Å². The molecule has 0 saturated carbocycles. The largest absolute Gasteiger partial charge is 0.479 e. The third-order valence-electron chi connectivity index (χ3n) is 3.77. The summed E-state index contributed by atoms with van der Waals surface area (Å²) in [5, 5.41) is 11.0. The van der Waals surface area contributed by atoms with Gasteiger partial charge in [-0.1, -0.05) is 29.0 Å². The molecule has 29 heavy (non-hydrogen) atoms. The van der Waals surface area contributed by atoms with Crippen LogP contribution in [0.2, 0.25) is 0 Å². The van der Waals surface area contributed by atoms with Crippen molar-refractivity contribution in [2.24, 2.45) is 0 Å². The molecule has 1 N–H and O–H groups in total. The smallest absolute Gasteiger partial charge is 0.347 e. The minimum atomic E-state index is -0.891. The van der Waals surface area contributed by atoms with Gasteiger partial charge in [-0.05, 0) is 50.2 Å². The number of amides is 1. The van der Waals surface area contributed by atoms with E-state index in [1.807, 2.05) is 19.1 Å². The van der Waals surface area contributed by atoms with E-state index in [0.717, 1.165) is 16.9 Å². The standard InChI is InChI=1S/C20H18FN3O4S/c1-12-3-7-15(8-4-12)22-18(25)19-24-23-17(29-19)11-27-20(26)13(2)28-16-9-5-14(21)6-10-16/h3-10,13H,11H2,1-2H3,(H,22,25)/t13-/m0/s1. The Bertz CT molecular complexity index is 990. The van der Waals surface area contributed by atoms with Crippen molar-refractivity contribution in [3.05, 3.63) is 69.9 Å². The van der Waals surface area contributed by atoms with E-state index in [1.54, 1.807) is 12.1 Å². The van der Waals surface area contributed by atoms with Crippen molar-refractivity contribution < 1.29 is 23.5 Å². The van der Waals surface area contributed by atoms with Gasteiger partial charge >= 0.3 is 5.97 Å². The molecule has 0 fully saturated rings. The molecule has 9 heteroatoms. The number of ether oxygens (including phenoxy) is 2. The van der Waals surface area contributed by atoms with E-state index in [4.69, 9.17) is 9.47 Å². The zero-order chi connectivity index (χ0) is 20.8. The van der Waals surface area contributed by atoms with Gasteiger partial charge in [-0.25, -0.2) is 9.18 Å². The molecule has 0 aliphatic rings. The van der Waals surface area contributed by atoms with Crippen molar-refractivity contribution in [1.82, 2.24) is 10.2 Å². The Morgan fingerprint density at radius 1 is 1.10 bits per heavy atom. The third kappa shape index (κ3) is 5.82. The number of aryl methyl sites for hydroxylation is 1. The lowest BCUT2D eigenvalue weighted by Crippen LogP contribution is -2.26. The summed E-state index contributed by atoms with van der Waals surface area (Å²) in [5.74, 6) is -1.06. The first-order chi connectivity index (χ1) is 13.9. The fourth-order valence-electron chi connectivity index (χ4n) is 2.24. The molecule has 3 rings (SSSR count). The van der Waals surface area contributed by atoms with Crippen molar-refractivity contribution >= 4 is 28.9 Å². The highest BCUT2D eigenvalue weighted by molar-refractivity contribution is 7.13. The number of hydrogen-bond acceptors (Lipinski definition) is 7. The maximum atomic E-state index is 12.9. The van der Waals surface area contributed by atoms with Gasteiger partial charge in [0, 0.05) is 5.69 Å². The number of esters is 1. The van der Waals surface area contributed by atoms with Crippen LogP contribution in [0.5, 0.6) is 5.75 Å². The Hall–Kier alpha value is -3.33. The SMILES string of the molecule is Cc1ccc(NC(=O)c2nnc(COC(=O)[C@H](C)Oc3ccc(F)cc3)s2)cc1. The lowest BCUT2D eigenvalue weighted by molar-refractivity contribution is -0.152. The molecule has 0 bridgehead atoms. The molecule has 3 aromatic rings. The number of anilines is 1. The Morgan fingerprint density at radius 3 is 2.48 bits per heavy atom. The molecule has 1 atom stereocenters. The molecule has 1 aromatic heterocycles. The van der Waals surface area contributed by atoms with Crippen LogP contribution in [0.15, 0.2) is 48.5 Å². The van der Waals surface area contributed by atoms with Gasteiger partial charge in [0.2, 0.25) is 5.01 Å². The summed E-state index contributed by atoms with van der Waals surface area (Å²) in [7, 11) is 0. The number of nitrogens with one attached hydrogen (secondary N) is 1. The average molecular weight is 415 g/mol. The normalized spacial score (nSPS) is 11.6. The second kappa shape index (κ2) is 9.24. The lowest BCUT2D eigenvalue weighted by atomic mass is 10.2. The van der Waals surface area contributed by atoms with Crippen LogP contribution in [0, 0.1) is 12.7 Å². The van der Waals surface area contributed by atoms with Gasteiger partial charge < -0.3 is 14.8 Å². The van der Waals surface area contributed by atoms with Crippen LogP contribution in [0.25, 0.3) is 0 Å². The number of hydrogen-bond donors (Lipinski definition) is 1. The summed E-state index contributed by atoms with van der Waals surface area (Å²) < 4.78 is 23.4. The molecule has 0 saturated heterocycles. The number of carbonyl (C=O) groups is 2. The summed E-state index contributed by atoms with van der Waals surface area (Å²) in [6.45, 7) is 3.34. The second-order valence-corrected chi connectivity index (χ2v) is 7.20. The average Bonchev–Trinajstić information content (AvgIpc) is 3.19. The van der Waals surface area contributed by atoms with Gasteiger partial charge in [-0.2, -0.15) is 0 Å². The van der Waals surface area contributed by atoms with Gasteiger partial charge in [0.15, 0.2) is 11.1 Å². The van der Waals surface area contributed by atoms with Gasteiger partial charge in [-0.15, -0.1) is 10.2 Å². The van der Waals surface area contributed by atoms with Gasteiger partial charge in [-0.3, -0.25) is 4.79 Å². The van der Waals surface area contributed by atoms with E-state index in [1.165, 1.54) is 31.2 Å². The van der Waals surface area contributed by atoms with Crippen LogP contribution in [-0.2, 0) is 16.1 Å². The summed E-state index contributed by atoms with van der Waals surface area (Å²) in [5.41, 5.74) is 1.73. The van der Waals surface area contributed by atoms with Crippen molar-refractivity contribution in [3.63, 3.8) is 0 Å². The maximum Gasteiger partial charge on any atom is 0.347 e. The van der Waals surface area contributed by atoms with Gasteiger partial charge in [0.1, 0.15) is 18.2 Å². The highest BCUT2D eigenvalue weighted by Gasteiger charge is 2.19. The predicted octanol–water partition coefficient (Wildman–Crippen LogP) is 3.75. The summed E-state index contributed by atoms with van der Waals surface area (Å²) in [4.78, 5) is 24.3. The Balaban J connectivity index is 1.50. The zero-order valence-electron chi connectivity index (χ0n) is 15.7. The second-order valence-electron chi connectivity index (χ2n) is 6.14. The quantitative estimate of drug-likeness (QED) is 0.591. The molecule has 0 radical (unpaired) electrons. The maximum absolute atomic E-state index is 12.9. The van der Waals surface area contributed by atoms with Gasteiger partial charge in [0.05, 0.1) is 0 Å². The van der Waals surface area contributed by atoms with Crippen LogP contribution >= 0.6 is 11.3 Å². The van der Waals surface area contributed by atoms with E-state index in [9.17, 15) is 14.0 Å². The fourth-order valence-corrected chi connectivity index (χ4v) is 2.89. The number of benzene rings is 2. The summed E-state index contributed by atoms with van der Waals surface area (Å²) in [6.07, 6.45) is -0.891. The topological polar surface area (TPSA) is 90.4 Å². The molecule has 0 aliphatic carbocycles. The molecule has 150 valence electrons. The fraction of sp³-hybridized carbons (Fsp3) is 0.200. The molecule has 2 aromatic carbocycles. The highest BCUT2D eigenvalue weighted by atomic mass is 32.1. The van der Waals surface area contributed by atoms with E-state index >= 15 is 0 Å². The Labute approximate surface area is 170 Å². The molecule has 0 unspecified atom stereocenters. The minimum Gasteiger partial charge on any atom is -0.479 e. The van der Waals surface area contributed by atoms with Crippen LogP contribution in [0.3, 0.4) is 0 Å². The van der Waals surface area contributed by atoms with Crippen molar-refractivity contribution in [3.8, 4) is 5.75 Å². The Kier molecular flexibility index (Phi) is 6.50. The number of nitrogens with zero attached hydrogens (tertiary/aromatic N) is 2. The lowest BCUT2D eigenvalue weighted by Gasteiger charge is -2.13. The number of halogens is 1. The van der Waals surface area contributed by atoms with E-state index in [2.05, 4.69) is 15.5 Å². The summed E-state index contributed by atoms with van der Waals surface area (Å²) >= 11 is 1.03. The van der Waals surface area contributed by atoms with Crippen molar-refractivity contribution in [1.29, 1.82) is 0 Å². The monoisotopic (exact) mass is 415 g/mol.